The van der Waals surface area contributed by atoms with Gasteiger partial charge in [-0.25, -0.2) is 0 Å². The highest BCUT2D eigenvalue weighted by molar-refractivity contribution is 5.27. The maximum atomic E-state index is 9.66. The molecule has 1 aromatic rings. The van der Waals surface area contributed by atoms with Gasteiger partial charge in [0, 0.05) is 18.0 Å². The lowest BCUT2D eigenvalue weighted by molar-refractivity contribution is -0.0729. The zero-order valence-corrected chi connectivity index (χ0v) is 10.7. The van der Waals surface area contributed by atoms with Crippen LogP contribution in [0.2, 0.25) is 0 Å². The third-order valence-corrected chi connectivity index (χ3v) is 3.93. The Morgan fingerprint density at radius 3 is 2.47 bits per heavy atom. The van der Waals surface area contributed by atoms with Crippen LogP contribution in [0, 0.1) is 5.41 Å². The number of aliphatic hydroxyl groups is 1. The molecule has 0 bridgehead atoms. The predicted molar refractivity (Wildman–Crippen MR) is 68.0 cm³/mol. The number of nitrogens with one attached hydrogen (secondary N) is 1. The maximum Gasteiger partial charge on any atom is 0.118 e. The second-order valence-electron chi connectivity index (χ2n) is 5.35. The molecule has 17 heavy (non-hydrogen) atoms. The van der Waals surface area contributed by atoms with Crippen molar-refractivity contribution in [3.05, 3.63) is 29.8 Å². The average Bonchev–Trinajstić information content (AvgIpc) is 2.35. The second-order valence-corrected chi connectivity index (χ2v) is 5.35. The molecule has 1 aromatic carbocycles. The van der Waals surface area contributed by atoms with Gasteiger partial charge in [0.15, 0.2) is 0 Å². The highest BCUT2D eigenvalue weighted by atomic mass is 16.5. The molecular weight excluding hydrogens is 214 g/mol. The maximum absolute atomic E-state index is 9.66. The van der Waals surface area contributed by atoms with Crippen LogP contribution in [0.15, 0.2) is 24.3 Å². The van der Waals surface area contributed by atoms with Crippen molar-refractivity contribution in [3.8, 4) is 5.75 Å². The Kier molecular flexibility index (Phi) is 3.40. The first kappa shape index (κ1) is 12.4. The zero-order valence-electron chi connectivity index (χ0n) is 10.7. The summed E-state index contributed by atoms with van der Waals surface area (Å²) in [5, 5.41) is 13.1. The fourth-order valence-corrected chi connectivity index (χ4v) is 2.23. The summed E-state index contributed by atoms with van der Waals surface area (Å²) in [4.78, 5) is 0. The molecule has 0 heterocycles. The van der Waals surface area contributed by atoms with E-state index in [0.29, 0.717) is 6.04 Å². The minimum absolute atomic E-state index is 0.00747. The molecule has 3 nitrogen and oxygen atoms in total. The summed E-state index contributed by atoms with van der Waals surface area (Å²) in [6.07, 6.45) is 0.680. The summed E-state index contributed by atoms with van der Waals surface area (Å²) in [5.41, 5.74) is 1.23. The van der Waals surface area contributed by atoms with Crippen LogP contribution in [0.5, 0.6) is 5.75 Å². The van der Waals surface area contributed by atoms with E-state index in [-0.39, 0.29) is 11.5 Å². The summed E-state index contributed by atoms with van der Waals surface area (Å²) in [6.45, 7) is 5.05. The van der Waals surface area contributed by atoms with Crippen LogP contribution in [-0.4, -0.2) is 24.4 Å². The molecule has 2 N–H and O–H groups in total. The Hall–Kier alpha value is -1.06. The first-order chi connectivity index (χ1) is 8.04. The van der Waals surface area contributed by atoms with E-state index in [4.69, 9.17) is 4.74 Å². The van der Waals surface area contributed by atoms with Crippen molar-refractivity contribution in [1.29, 1.82) is 0 Å². The van der Waals surface area contributed by atoms with Crippen molar-refractivity contribution in [1.82, 2.24) is 5.32 Å². The van der Waals surface area contributed by atoms with Gasteiger partial charge < -0.3 is 15.2 Å². The minimum Gasteiger partial charge on any atom is -0.497 e. The van der Waals surface area contributed by atoms with Gasteiger partial charge in [-0.1, -0.05) is 26.0 Å². The topological polar surface area (TPSA) is 41.5 Å². The summed E-state index contributed by atoms with van der Waals surface area (Å²) < 4.78 is 5.12. The van der Waals surface area contributed by atoms with E-state index in [1.165, 1.54) is 5.56 Å². The Morgan fingerprint density at radius 2 is 2.00 bits per heavy atom. The van der Waals surface area contributed by atoms with Crippen LogP contribution in [0.25, 0.3) is 0 Å². The number of hydrogen-bond acceptors (Lipinski definition) is 3. The van der Waals surface area contributed by atoms with Gasteiger partial charge in [0.1, 0.15) is 5.75 Å². The Morgan fingerprint density at radius 1 is 1.35 bits per heavy atom. The molecule has 2 unspecified atom stereocenters. The van der Waals surface area contributed by atoms with Gasteiger partial charge in [-0.05, 0) is 24.1 Å². The molecule has 2 atom stereocenters. The summed E-state index contributed by atoms with van der Waals surface area (Å²) in [6, 6.07) is 8.47. The van der Waals surface area contributed by atoms with Crippen molar-refractivity contribution >= 4 is 0 Å². The number of benzene rings is 1. The number of rotatable bonds is 4. The van der Waals surface area contributed by atoms with Crippen LogP contribution < -0.4 is 10.1 Å². The Balaban J connectivity index is 1.86. The largest absolute Gasteiger partial charge is 0.497 e. The first-order valence-corrected chi connectivity index (χ1v) is 6.08. The molecule has 0 aliphatic heterocycles. The molecule has 0 aromatic heterocycles. The molecule has 1 saturated carbocycles. The van der Waals surface area contributed by atoms with Gasteiger partial charge in [0.2, 0.25) is 0 Å². The summed E-state index contributed by atoms with van der Waals surface area (Å²) in [5.74, 6) is 0.883. The normalized spacial score (nSPS) is 26.4. The van der Waals surface area contributed by atoms with Crippen molar-refractivity contribution in [3.63, 3.8) is 0 Å². The molecule has 0 spiro atoms. The minimum atomic E-state index is -0.170. The van der Waals surface area contributed by atoms with Crippen LogP contribution in [0.1, 0.15) is 25.8 Å². The number of methoxy groups -OCH3 is 1. The van der Waals surface area contributed by atoms with E-state index < -0.39 is 0 Å². The molecule has 0 radical (unpaired) electrons. The van der Waals surface area contributed by atoms with Crippen LogP contribution in [0.3, 0.4) is 0 Å². The predicted octanol–water partition coefficient (Wildman–Crippen LogP) is 1.94. The van der Waals surface area contributed by atoms with E-state index in [1.807, 2.05) is 12.1 Å². The Bertz CT molecular complexity index is 372. The third kappa shape index (κ3) is 2.45. The average molecular weight is 235 g/mol. The second kappa shape index (κ2) is 4.67. The molecular formula is C14H21NO2. The lowest BCUT2D eigenvalue weighted by Crippen LogP contribution is -2.59. The third-order valence-electron chi connectivity index (χ3n) is 3.93. The molecule has 2 rings (SSSR count). The van der Waals surface area contributed by atoms with Crippen molar-refractivity contribution in [2.75, 3.05) is 7.11 Å². The lowest BCUT2D eigenvalue weighted by Gasteiger charge is -2.49. The standard InChI is InChI=1S/C14H21NO2/c1-14(2)12(8-13(14)16)15-9-10-4-6-11(17-3)7-5-10/h4-7,12-13,15-16H,8-9H2,1-3H3. The van der Waals surface area contributed by atoms with Gasteiger partial charge in [0.25, 0.3) is 0 Å². The van der Waals surface area contributed by atoms with Gasteiger partial charge in [0.05, 0.1) is 13.2 Å². The quantitative estimate of drug-likeness (QED) is 0.838. The Labute approximate surface area is 103 Å². The fourth-order valence-electron chi connectivity index (χ4n) is 2.23. The van der Waals surface area contributed by atoms with Crippen LogP contribution in [-0.2, 0) is 6.54 Å². The molecule has 1 fully saturated rings. The monoisotopic (exact) mass is 235 g/mol. The van der Waals surface area contributed by atoms with E-state index in [1.54, 1.807) is 7.11 Å². The summed E-state index contributed by atoms with van der Waals surface area (Å²) in [7, 11) is 1.67. The smallest absolute Gasteiger partial charge is 0.118 e. The number of ether oxygens (including phenoxy) is 1. The molecule has 1 aliphatic carbocycles. The van der Waals surface area contributed by atoms with E-state index >= 15 is 0 Å². The molecule has 1 aliphatic rings. The van der Waals surface area contributed by atoms with Gasteiger partial charge in [-0.2, -0.15) is 0 Å². The van der Waals surface area contributed by atoms with E-state index in [9.17, 15) is 5.11 Å². The highest BCUT2D eigenvalue weighted by Gasteiger charge is 2.46. The van der Waals surface area contributed by atoms with Crippen molar-refractivity contribution < 1.29 is 9.84 Å². The van der Waals surface area contributed by atoms with Gasteiger partial charge >= 0.3 is 0 Å². The molecule has 0 saturated heterocycles. The zero-order chi connectivity index (χ0) is 12.5. The molecule has 94 valence electrons. The SMILES string of the molecule is COc1ccc(CNC2CC(O)C2(C)C)cc1. The van der Waals surface area contributed by atoms with Gasteiger partial charge in [-0.3, -0.25) is 0 Å². The van der Waals surface area contributed by atoms with Crippen LogP contribution in [0.4, 0.5) is 0 Å². The van der Waals surface area contributed by atoms with Crippen molar-refractivity contribution in [2.24, 2.45) is 5.41 Å². The first-order valence-electron chi connectivity index (χ1n) is 6.08. The molecule has 0 amide bonds. The fraction of sp³-hybridized carbons (Fsp3) is 0.571. The van der Waals surface area contributed by atoms with E-state index in [2.05, 4.69) is 31.3 Å². The van der Waals surface area contributed by atoms with Crippen molar-refractivity contribution in [2.45, 2.75) is 39.0 Å². The number of hydrogen-bond donors (Lipinski definition) is 2. The van der Waals surface area contributed by atoms with Crippen LogP contribution >= 0.6 is 0 Å². The number of aliphatic hydroxyl groups excluding tert-OH is 1. The highest BCUT2D eigenvalue weighted by Crippen LogP contribution is 2.40. The molecule has 3 heteroatoms. The van der Waals surface area contributed by atoms with E-state index in [0.717, 1.165) is 18.7 Å². The lowest BCUT2D eigenvalue weighted by atomic mass is 9.64. The summed E-state index contributed by atoms with van der Waals surface area (Å²) >= 11 is 0. The van der Waals surface area contributed by atoms with Gasteiger partial charge in [-0.15, -0.1) is 0 Å².